The zero-order valence-electron chi connectivity index (χ0n) is 16.4. The molecule has 0 unspecified atom stereocenters. The van der Waals surface area contributed by atoms with Crippen molar-refractivity contribution < 1.29 is 31.8 Å². The van der Waals surface area contributed by atoms with Crippen molar-refractivity contribution in [2.75, 3.05) is 31.3 Å². The average Bonchev–Trinajstić information content (AvgIpc) is 2.71. The number of anilines is 1. The lowest BCUT2D eigenvalue weighted by atomic mass is 10.00. The highest BCUT2D eigenvalue weighted by molar-refractivity contribution is 7.99. The quantitative estimate of drug-likeness (QED) is 0.324. The van der Waals surface area contributed by atoms with E-state index in [0.717, 1.165) is 12.1 Å². The summed E-state index contributed by atoms with van der Waals surface area (Å²) in [7, 11) is 0. The van der Waals surface area contributed by atoms with Crippen LogP contribution in [0.2, 0.25) is 0 Å². The van der Waals surface area contributed by atoms with E-state index in [9.17, 15) is 22.8 Å². The Kier molecular flexibility index (Phi) is 7.40. The molecule has 3 rings (SSSR count). The summed E-state index contributed by atoms with van der Waals surface area (Å²) in [6, 6.07) is 7.09. The number of alkyl halides is 4. The largest absolute Gasteiger partial charge is 0.431 e. The number of halogens is 4. The average molecular weight is 468 g/mol. The Bertz CT molecular complexity index is 1050. The maximum Gasteiger partial charge on any atom is 0.422 e. The lowest BCUT2D eigenvalue weighted by molar-refractivity contribution is -0.251. The smallest absolute Gasteiger partial charge is 0.422 e. The third-order valence-corrected chi connectivity index (χ3v) is 5.55. The molecule has 168 valence electrons. The Balaban J connectivity index is 1.89. The molecule has 0 amide bonds. The van der Waals surface area contributed by atoms with Crippen LogP contribution in [0.1, 0.15) is 5.56 Å². The molecule has 12 heteroatoms. The van der Waals surface area contributed by atoms with Gasteiger partial charge in [0.15, 0.2) is 6.61 Å². The van der Waals surface area contributed by atoms with Gasteiger partial charge in [0, 0.05) is 17.2 Å². The zero-order valence-corrected chi connectivity index (χ0v) is 17.2. The molecule has 0 bridgehead atoms. The van der Waals surface area contributed by atoms with Crippen LogP contribution in [0.15, 0.2) is 29.3 Å². The Hall–Kier alpha value is -3.06. The number of hydrogen-bond acceptors (Lipinski definition) is 7. The molecule has 0 spiro atoms. The molecule has 0 radical (unpaired) electrons. The molecular weight excluding hydrogens is 452 g/mol. The van der Waals surface area contributed by atoms with E-state index >= 15 is 0 Å². The number of rotatable bonds is 9. The normalized spacial score (nSPS) is 14.0. The molecule has 2 aromatic rings. The molecule has 0 atom stereocenters. The third kappa shape index (κ3) is 5.59. The first-order valence-electron chi connectivity index (χ1n) is 9.12. The van der Waals surface area contributed by atoms with Gasteiger partial charge in [-0.05, 0) is 17.7 Å². The monoisotopic (exact) mass is 468 g/mol. The molecule has 0 saturated carbocycles. The second kappa shape index (κ2) is 10.0. The maximum atomic E-state index is 13.6. The van der Waals surface area contributed by atoms with Crippen molar-refractivity contribution in [3.63, 3.8) is 0 Å². The zero-order chi connectivity index (χ0) is 23.3. The van der Waals surface area contributed by atoms with Crippen LogP contribution < -0.4 is 10.5 Å². The van der Waals surface area contributed by atoms with Gasteiger partial charge in [0.25, 0.3) is 0 Å². The fourth-order valence-electron chi connectivity index (χ4n) is 2.80. The molecule has 32 heavy (non-hydrogen) atoms. The highest BCUT2D eigenvalue weighted by Crippen LogP contribution is 2.42. The summed E-state index contributed by atoms with van der Waals surface area (Å²) >= 11 is 1.32. The van der Waals surface area contributed by atoms with E-state index in [4.69, 9.17) is 17.0 Å². The molecule has 1 aliphatic heterocycles. The summed E-state index contributed by atoms with van der Waals surface area (Å²) in [5.74, 6) is 0.602. The fourth-order valence-corrected chi connectivity index (χ4v) is 3.84. The predicted octanol–water partition coefficient (Wildman–Crippen LogP) is 4.70. The Morgan fingerprint density at radius 1 is 1.34 bits per heavy atom. The van der Waals surface area contributed by atoms with Crippen LogP contribution in [0.25, 0.3) is 16.0 Å². The van der Waals surface area contributed by atoms with Gasteiger partial charge in [-0.15, -0.1) is 11.8 Å². The van der Waals surface area contributed by atoms with Gasteiger partial charge in [-0.2, -0.15) is 22.8 Å². The van der Waals surface area contributed by atoms with Crippen molar-refractivity contribution in [1.82, 2.24) is 4.98 Å². The standard InChI is InChI=1S/C20H16F4N4O3S/c1-27-16-15(14(6-25)18(28-17(16)26)32-9-11-7-29-8-11)12-2-4-13(5-3-12)31-20(23,24)10-30-19(21)22/h2-5,11,19H,7-10H2,(H2,26,28). The van der Waals surface area contributed by atoms with Gasteiger partial charge < -0.3 is 19.9 Å². The Labute approximate surface area is 184 Å². The number of ether oxygens (including phenoxy) is 3. The number of benzene rings is 1. The van der Waals surface area contributed by atoms with Crippen molar-refractivity contribution in [3.05, 3.63) is 41.2 Å². The van der Waals surface area contributed by atoms with Gasteiger partial charge in [0.05, 0.1) is 25.3 Å². The number of hydrogen-bond donors (Lipinski definition) is 1. The first-order valence-corrected chi connectivity index (χ1v) is 10.1. The molecule has 1 aliphatic rings. The first kappa shape index (κ1) is 23.6. The molecule has 1 saturated heterocycles. The molecule has 2 heterocycles. The minimum absolute atomic E-state index is 0.0396. The van der Waals surface area contributed by atoms with Crippen molar-refractivity contribution in [2.24, 2.45) is 5.92 Å². The number of nitrogens with two attached hydrogens (primary N) is 1. The molecule has 0 aliphatic carbocycles. The highest BCUT2D eigenvalue weighted by Gasteiger charge is 2.33. The molecule has 1 aromatic heterocycles. The van der Waals surface area contributed by atoms with E-state index in [1.807, 2.05) is 0 Å². The second-order valence-electron chi connectivity index (χ2n) is 6.67. The van der Waals surface area contributed by atoms with Crippen LogP contribution in [-0.4, -0.2) is 43.3 Å². The van der Waals surface area contributed by atoms with E-state index in [1.165, 1.54) is 23.9 Å². The van der Waals surface area contributed by atoms with E-state index in [0.29, 0.717) is 35.5 Å². The van der Waals surface area contributed by atoms with E-state index in [1.54, 1.807) is 0 Å². The second-order valence-corrected chi connectivity index (χ2v) is 7.68. The summed E-state index contributed by atoms with van der Waals surface area (Å²) in [6.07, 6.45) is -3.98. The van der Waals surface area contributed by atoms with Gasteiger partial charge in [0.2, 0.25) is 5.69 Å². The van der Waals surface area contributed by atoms with Gasteiger partial charge in [-0.25, -0.2) is 9.83 Å². The molecular formula is C20H16F4N4O3S. The van der Waals surface area contributed by atoms with Gasteiger partial charge in [-0.3, -0.25) is 0 Å². The first-order chi connectivity index (χ1) is 15.2. The Morgan fingerprint density at radius 2 is 2.03 bits per heavy atom. The van der Waals surface area contributed by atoms with Gasteiger partial charge >= 0.3 is 12.7 Å². The lowest BCUT2D eigenvalue weighted by Crippen LogP contribution is -2.31. The Morgan fingerprint density at radius 3 is 2.56 bits per heavy atom. The third-order valence-electron chi connectivity index (χ3n) is 4.34. The summed E-state index contributed by atoms with van der Waals surface area (Å²) in [5, 5.41) is 10.1. The lowest BCUT2D eigenvalue weighted by Gasteiger charge is -2.25. The van der Waals surface area contributed by atoms with Gasteiger partial charge in [0.1, 0.15) is 22.7 Å². The number of nitrogen functional groups attached to an aromatic ring is 1. The van der Waals surface area contributed by atoms with Crippen molar-refractivity contribution in [1.29, 1.82) is 5.26 Å². The maximum absolute atomic E-state index is 13.6. The summed E-state index contributed by atoms with van der Waals surface area (Å²) < 4.78 is 64.4. The summed E-state index contributed by atoms with van der Waals surface area (Å²) in [6.45, 7) is 3.69. The van der Waals surface area contributed by atoms with Crippen LogP contribution in [0.3, 0.4) is 0 Å². The van der Waals surface area contributed by atoms with Crippen LogP contribution >= 0.6 is 11.8 Å². The minimum Gasteiger partial charge on any atom is -0.431 e. The van der Waals surface area contributed by atoms with E-state index < -0.39 is 19.3 Å². The van der Waals surface area contributed by atoms with Crippen molar-refractivity contribution >= 4 is 23.3 Å². The molecule has 2 N–H and O–H groups in total. The predicted molar refractivity (Wildman–Crippen MR) is 108 cm³/mol. The number of aromatic nitrogens is 1. The van der Waals surface area contributed by atoms with Crippen molar-refractivity contribution in [3.8, 4) is 22.9 Å². The van der Waals surface area contributed by atoms with Crippen LogP contribution in [-0.2, 0) is 9.47 Å². The van der Waals surface area contributed by atoms with Crippen LogP contribution in [0, 0.1) is 23.8 Å². The summed E-state index contributed by atoms with van der Waals surface area (Å²) in [4.78, 5) is 7.58. The summed E-state index contributed by atoms with van der Waals surface area (Å²) in [5.41, 5.74) is 6.63. The number of pyridine rings is 1. The molecule has 1 aromatic carbocycles. The van der Waals surface area contributed by atoms with Crippen molar-refractivity contribution in [2.45, 2.75) is 17.7 Å². The van der Waals surface area contributed by atoms with Crippen LogP contribution in [0.5, 0.6) is 5.75 Å². The minimum atomic E-state index is -3.98. The molecule has 7 nitrogen and oxygen atoms in total. The highest BCUT2D eigenvalue weighted by atomic mass is 32.2. The molecule has 1 fully saturated rings. The number of thioether (sulfide) groups is 1. The van der Waals surface area contributed by atoms with Gasteiger partial charge in [-0.1, -0.05) is 12.1 Å². The topological polar surface area (TPSA) is 94.8 Å². The SMILES string of the molecule is [C-]#[N+]c1c(N)nc(SCC2COC2)c(C#N)c1-c1ccc(OC(F)(F)COC(F)F)cc1. The van der Waals surface area contributed by atoms with E-state index in [2.05, 4.69) is 25.4 Å². The number of nitrogens with zero attached hydrogens (tertiary/aromatic N) is 3. The number of nitriles is 1. The van der Waals surface area contributed by atoms with E-state index in [-0.39, 0.29) is 28.4 Å². The fraction of sp³-hybridized carbons (Fsp3) is 0.350. The van der Waals surface area contributed by atoms with Crippen LogP contribution in [0.4, 0.5) is 29.1 Å².